The van der Waals surface area contributed by atoms with E-state index in [0.29, 0.717) is 11.6 Å². The molecule has 1 saturated heterocycles. The fourth-order valence-electron chi connectivity index (χ4n) is 2.57. The van der Waals surface area contributed by atoms with Crippen molar-refractivity contribution in [2.75, 3.05) is 13.1 Å². The van der Waals surface area contributed by atoms with E-state index >= 15 is 0 Å². The van der Waals surface area contributed by atoms with Gasteiger partial charge in [-0.15, -0.1) is 0 Å². The number of hydrogen-bond donors (Lipinski definition) is 0. The van der Waals surface area contributed by atoms with E-state index in [-0.39, 0.29) is 5.91 Å². The predicted molar refractivity (Wildman–Crippen MR) is 74.1 cm³/mol. The maximum Gasteiger partial charge on any atom is 0.274 e. The number of rotatable bonds is 2. The molecule has 0 aromatic carbocycles. The zero-order valence-corrected chi connectivity index (χ0v) is 11.1. The van der Waals surface area contributed by atoms with E-state index in [1.807, 2.05) is 23.2 Å². The number of carbonyl (C=O) groups excluding carboxylic acids is 1. The lowest BCUT2D eigenvalue weighted by molar-refractivity contribution is 0.0705. The standard InChI is InChI=1S/C15H16N4O/c20-15(14-11-16-7-8-18-14)19-9-4-12(5-10-19)13-3-1-2-6-17-13/h1-3,6-8,11-12H,4-5,9-10H2. The lowest BCUT2D eigenvalue weighted by Crippen LogP contribution is -2.38. The van der Waals surface area contributed by atoms with Crippen LogP contribution in [-0.2, 0) is 0 Å². The quantitative estimate of drug-likeness (QED) is 0.834. The van der Waals surface area contributed by atoms with Gasteiger partial charge in [0.15, 0.2) is 0 Å². The van der Waals surface area contributed by atoms with E-state index in [0.717, 1.165) is 31.6 Å². The predicted octanol–water partition coefficient (Wildman–Crippen LogP) is 1.89. The van der Waals surface area contributed by atoms with E-state index in [1.165, 1.54) is 6.20 Å². The first kappa shape index (κ1) is 12.7. The first-order valence-corrected chi connectivity index (χ1v) is 6.81. The topological polar surface area (TPSA) is 59.0 Å². The fraction of sp³-hybridized carbons (Fsp3) is 0.333. The molecule has 0 radical (unpaired) electrons. The summed E-state index contributed by atoms with van der Waals surface area (Å²) in [7, 11) is 0. The number of pyridine rings is 1. The summed E-state index contributed by atoms with van der Waals surface area (Å²) < 4.78 is 0. The van der Waals surface area contributed by atoms with Crippen molar-refractivity contribution in [1.82, 2.24) is 19.9 Å². The maximum atomic E-state index is 12.3. The molecule has 20 heavy (non-hydrogen) atoms. The highest BCUT2D eigenvalue weighted by molar-refractivity contribution is 5.92. The number of nitrogens with zero attached hydrogens (tertiary/aromatic N) is 4. The average Bonchev–Trinajstić information content (AvgIpc) is 2.56. The van der Waals surface area contributed by atoms with Gasteiger partial charge in [0.2, 0.25) is 0 Å². The van der Waals surface area contributed by atoms with Gasteiger partial charge in [0, 0.05) is 43.3 Å². The van der Waals surface area contributed by atoms with E-state index in [9.17, 15) is 4.79 Å². The third-order valence-corrected chi connectivity index (χ3v) is 3.67. The zero-order valence-electron chi connectivity index (χ0n) is 11.1. The molecule has 2 aromatic rings. The Morgan fingerprint density at radius 3 is 2.60 bits per heavy atom. The molecule has 1 amide bonds. The van der Waals surface area contributed by atoms with Crippen molar-refractivity contribution >= 4 is 5.91 Å². The second-order valence-electron chi connectivity index (χ2n) is 4.91. The number of piperidine rings is 1. The molecule has 0 N–H and O–H groups in total. The number of hydrogen-bond acceptors (Lipinski definition) is 4. The second kappa shape index (κ2) is 5.77. The molecule has 102 valence electrons. The van der Waals surface area contributed by atoms with Crippen LogP contribution in [0.3, 0.4) is 0 Å². The summed E-state index contributed by atoms with van der Waals surface area (Å²) in [5.41, 5.74) is 1.54. The molecule has 1 aliphatic rings. The van der Waals surface area contributed by atoms with Crippen molar-refractivity contribution in [3.8, 4) is 0 Å². The molecule has 2 aromatic heterocycles. The van der Waals surface area contributed by atoms with E-state index < -0.39 is 0 Å². The van der Waals surface area contributed by atoms with Gasteiger partial charge in [-0.25, -0.2) is 4.98 Å². The molecule has 3 heterocycles. The zero-order chi connectivity index (χ0) is 13.8. The van der Waals surface area contributed by atoms with Crippen LogP contribution in [0, 0.1) is 0 Å². The Kier molecular flexibility index (Phi) is 3.67. The van der Waals surface area contributed by atoms with Crippen molar-refractivity contribution in [3.63, 3.8) is 0 Å². The molecule has 5 nitrogen and oxygen atoms in total. The third-order valence-electron chi connectivity index (χ3n) is 3.67. The summed E-state index contributed by atoms with van der Waals surface area (Å²) in [5.74, 6) is 0.416. The Bertz CT molecular complexity index is 565. The average molecular weight is 268 g/mol. The van der Waals surface area contributed by atoms with Crippen LogP contribution < -0.4 is 0 Å². The van der Waals surface area contributed by atoms with Crippen LogP contribution in [0.1, 0.15) is 34.9 Å². The molecule has 1 fully saturated rings. The Labute approximate surface area is 117 Å². The highest BCUT2D eigenvalue weighted by Gasteiger charge is 2.25. The van der Waals surface area contributed by atoms with Crippen LogP contribution in [0.2, 0.25) is 0 Å². The molecule has 1 aliphatic heterocycles. The maximum absolute atomic E-state index is 12.3. The number of likely N-dealkylation sites (tertiary alicyclic amines) is 1. The lowest BCUT2D eigenvalue weighted by Gasteiger charge is -2.31. The van der Waals surface area contributed by atoms with E-state index in [4.69, 9.17) is 0 Å². The van der Waals surface area contributed by atoms with Crippen molar-refractivity contribution in [2.24, 2.45) is 0 Å². The molecular weight excluding hydrogens is 252 g/mol. The Hall–Kier alpha value is -2.30. The minimum absolute atomic E-state index is 0.0300. The minimum Gasteiger partial charge on any atom is -0.337 e. The van der Waals surface area contributed by atoms with E-state index in [1.54, 1.807) is 12.4 Å². The Morgan fingerprint density at radius 2 is 1.95 bits per heavy atom. The van der Waals surface area contributed by atoms with E-state index in [2.05, 4.69) is 21.0 Å². The number of carbonyl (C=O) groups is 1. The molecule has 0 bridgehead atoms. The van der Waals surface area contributed by atoms with Crippen LogP contribution in [0.25, 0.3) is 0 Å². The molecule has 0 saturated carbocycles. The Balaban J connectivity index is 1.63. The summed E-state index contributed by atoms with van der Waals surface area (Å²) in [6.07, 6.45) is 8.36. The van der Waals surface area contributed by atoms with Crippen molar-refractivity contribution < 1.29 is 4.79 Å². The van der Waals surface area contributed by atoms with Gasteiger partial charge in [-0.3, -0.25) is 14.8 Å². The second-order valence-corrected chi connectivity index (χ2v) is 4.91. The molecule has 0 unspecified atom stereocenters. The fourth-order valence-corrected chi connectivity index (χ4v) is 2.57. The van der Waals surface area contributed by atoms with Gasteiger partial charge < -0.3 is 4.90 Å². The molecule has 0 aliphatic carbocycles. The molecule has 0 spiro atoms. The van der Waals surface area contributed by atoms with Crippen LogP contribution in [0.5, 0.6) is 0 Å². The van der Waals surface area contributed by atoms with Crippen LogP contribution in [0.15, 0.2) is 43.0 Å². The molecule has 5 heteroatoms. The highest BCUT2D eigenvalue weighted by Crippen LogP contribution is 2.26. The highest BCUT2D eigenvalue weighted by atomic mass is 16.2. The van der Waals surface area contributed by atoms with Gasteiger partial charge in [0.25, 0.3) is 5.91 Å². The number of amides is 1. The Morgan fingerprint density at radius 1 is 1.10 bits per heavy atom. The largest absolute Gasteiger partial charge is 0.337 e. The van der Waals surface area contributed by atoms with Crippen LogP contribution >= 0.6 is 0 Å². The first-order chi connectivity index (χ1) is 9.84. The van der Waals surface area contributed by atoms with Gasteiger partial charge in [-0.1, -0.05) is 6.07 Å². The summed E-state index contributed by atoms with van der Waals surface area (Å²) in [6, 6.07) is 6.00. The van der Waals surface area contributed by atoms with Crippen LogP contribution in [-0.4, -0.2) is 38.8 Å². The van der Waals surface area contributed by atoms with Gasteiger partial charge in [0.1, 0.15) is 5.69 Å². The first-order valence-electron chi connectivity index (χ1n) is 6.81. The van der Waals surface area contributed by atoms with Crippen molar-refractivity contribution in [1.29, 1.82) is 0 Å². The normalized spacial score (nSPS) is 16.1. The molecular formula is C15H16N4O. The van der Waals surface area contributed by atoms with Gasteiger partial charge in [0.05, 0.1) is 6.20 Å². The minimum atomic E-state index is -0.0300. The lowest BCUT2D eigenvalue weighted by atomic mass is 9.93. The SMILES string of the molecule is O=C(c1cnccn1)N1CCC(c2ccccn2)CC1. The summed E-state index contributed by atoms with van der Waals surface area (Å²) in [5, 5.41) is 0. The molecule has 3 rings (SSSR count). The monoisotopic (exact) mass is 268 g/mol. The van der Waals surface area contributed by atoms with Gasteiger partial charge in [-0.05, 0) is 25.0 Å². The van der Waals surface area contributed by atoms with Crippen molar-refractivity contribution in [2.45, 2.75) is 18.8 Å². The summed E-state index contributed by atoms with van der Waals surface area (Å²) >= 11 is 0. The third kappa shape index (κ3) is 2.66. The van der Waals surface area contributed by atoms with Crippen molar-refractivity contribution in [3.05, 3.63) is 54.4 Å². The number of aromatic nitrogens is 3. The van der Waals surface area contributed by atoms with Gasteiger partial charge in [-0.2, -0.15) is 0 Å². The smallest absolute Gasteiger partial charge is 0.274 e. The summed E-state index contributed by atoms with van der Waals surface area (Å²) in [6.45, 7) is 1.49. The van der Waals surface area contributed by atoms with Gasteiger partial charge >= 0.3 is 0 Å². The molecule has 0 atom stereocenters. The van der Waals surface area contributed by atoms with Crippen LogP contribution in [0.4, 0.5) is 0 Å². The summed E-state index contributed by atoms with van der Waals surface area (Å²) in [4.78, 5) is 26.5.